The van der Waals surface area contributed by atoms with Crippen molar-refractivity contribution >= 4 is 12.1 Å². The van der Waals surface area contributed by atoms with Gasteiger partial charge in [-0.25, -0.2) is 4.79 Å². The van der Waals surface area contributed by atoms with Crippen molar-refractivity contribution < 1.29 is 19.1 Å². The van der Waals surface area contributed by atoms with Gasteiger partial charge in [-0.2, -0.15) is 0 Å². The molecule has 0 aromatic heterocycles. The number of esters is 1. The molecule has 1 aliphatic carbocycles. The van der Waals surface area contributed by atoms with Gasteiger partial charge < -0.3 is 14.8 Å². The van der Waals surface area contributed by atoms with Crippen molar-refractivity contribution in [2.24, 2.45) is 5.92 Å². The van der Waals surface area contributed by atoms with Crippen molar-refractivity contribution in [3.63, 3.8) is 0 Å². The maximum Gasteiger partial charge on any atom is 0.407 e. The van der Waals surface area contributed by atoms with Crippen LogP contribution in [0.4, 0.5) is 4.79 Å². The number of rotatable bonds is 2. The van der Waals surface area contributed by atoms with Crippen LogP contribution in [0.3, 0.4) is 0 Å². The highest BCUT2D eigenvalue weighted by Crippen LogP contribution is 2.26. The minimum absolute atomic E-state index is 0.00829. The molecule has 0 saturated heterocycles. The van der Waals surface area contributed by atoms with Crippen LogP contribution >= 0.6 is 0 Å². The molecule has 22 heavy (non-hydrogen) atoms. The molecule has 1 amide bonds. The van der Waals surface area contributed by atoms with Gasteiger partial charge in [0.1, 0.15) is 5.60 Å². The third kappa shape index (κ3) is 11.4. The fraction of sp³-hybridized carbons (Fsp3) is 0.882. The molecule has 0 aromatic rings. The molecule has 5 nitrogen and oxygen atoms in total. The van der Waals surface area contributed by atoms with Crippen molar-refractivity contribution in [3.8, 4) is 0 Å². The minimum atomic E-state index is -0.496. The summed E-state index contributed by atoms with van der Waals surface area (Å²) < 4.78 is 9.84. The van der Waals surface area contributed by atoms with E-state index in [1.54, 1.807) is 0 Å². The largest absolute Gasteiger partial charge is 0.469 e. The van der Waals surface area contributed by atoms with E-state index in [1.165, 1.54) is 13.5 Å². The molecule has 0 spiro atoms. The van der Waals surface area contributed by atoms with Crippen LogP contribution in [0.5, 0.6) is 0 Å². The lowest BCUT2D eigenvalue weighted by molar-refractivity contribution is -0.145. The van der Waals surface area contributed by atoms with Gasteiger partial charge in [0.05, 0.1) is 13.0 Å². The van der Waals surface area contributed by atoms with E-state index >= 15 is 0 Å². The lowest BCUT2D eigenvalue weighted by Crippen LogP contribution is -2.38. The maximum absolute atomic E-state index is 11.5. The normalized spacial score (nSPS) is 19.8. The Kier molecular flexibility index (Phi) is 12.9. The van der Waals surface area contributed by atoms with Gasteiger partial charge in [-0.15, -0.1) is 0 Å². The van der Waals surface area contributed by atoms with Crippen molar-refractivity contribution in [2.75, 3.05) is 7.11 Å². The Balaban J connectivity index is 0. The molecule has 132 valence electrons. The molecule has 1 aliphatic rings. The van der Waals surface area contributed by atoms with Gasteiger partial charge >= 0.3 is 12.1 Å². The van der Waals surface area contributed by atoms with E-state index in [0.717, 1.165) is 12.8 Å². The summed E-state index contributed by atoms with van der Waals surface area (Å²) in [6.07, 6.45) is 3.01. The van der Waals surface area contributed by atoms with E-state index in [9.17, 15) is 9.59 Å². The lowest BCUT2D eigenvalue weighted by Gasteiger charge is -2.21. The summed E-state index contributed by atoms with van der Waals surface area (Å²) in [6.45, 7) is 13.7. The van der Waals surface area contributed by atoms with Crippen LogP contribution in [0.25, 0.3) is 0 Å². The number of alkyl carbamates (subject to hydrolysis) is 1. The number of carbonyl (C=O) groups excluding carboxylic acids is 2. The van der Waals surface area contributed by atoms with Gasteiger partial charge in [0.25, 0.3) is 0 Å². The van der Waals surface area contributed by atoms with Gasteiger partial charge in [-0.05, 0) is 40.0 Å². The smallest absolute Gasteiger partial charge is 0.407 e. The highest BCUT2D eigenvalue weighted by Gasteiger charge is 2.32. The molecule has 1 rings (SSSR count). The van der Waals surface area contributed by atoms with Crippen LogP contribution in [0, 0.1) is 5.92 Å². The first-order valence-corrected chi connectivity index (χ1v) is 8.30. The standard InChI is InChI=1S/C12H21NO4.C3H8.C2H6/c1-12(2,3)17-11(15)13-9-6-5-8(7-9)10(14)16-4;1-3-2;1-2/h8-9H,5-7H2,1-4H3,(H,13,15);3H2,1-2H3;1-2H3. The molecule has 0 aliphatic heterocycles. The number of nitrogens with one attached hydrogen (secondary N) is 1. The summed E-state index contributed by atoms with van der Waals surface area (Å²) >= 11 is 0. The van der Waals surface area contributed by atoms with Crippen LogP contribution in [0.2, 0.25) is 0 Å². The number of ether oxygens (including phenoxy) is 2. The average molecular weight is 317 g/mol. The van der Waals surface area contributed by atoms with Crippen LogP contribution in [0.1, 0.15) is 74.1 Å². The van der Waals surface area contributed by atoms with Crippen molar-refractivity contribution in [1.82, 2.24) is 5.32 Å². The van der Waals surface area contributed by atoms with Gasteiger partial charge in [-0.1, -0.05) is 34.1 Å². The number of amides is 1. The second kappa shape index (κ2) is 12.3. The fourth-order valence-corrected chi connectivity index (χ4v) is 1.97. The van der Waals surface area contributed by atoms with E-state index in [2.05, 4.69) is 23.9 Å². The van der Waals surface area contributed by atoms with Gasteiger partial charge in [0, 0.05) is 6.04 Å². The predicted octanol–water partition coefficient (Wildman–Crippen LogP) is 4.30. The van der Waals surface area contributed by atoms with Crippen molar-refractivity contribution in [3.05, 3.63) is 0 Å². The molecular weight excluding hydrogens is 282 g/mol. The van der Waals surface area contributed by atoms with Crippen molar-refractivity contribution in [2.45, 2.75) is 85.8 Å². The summed E-state index contributed by atoms with van der Waals surface area (Å²) in [6, 6.07) is 0.00829. The maximum atomic E-state index is 11.5. The van der Waals surface area contributed by atoms with Crippen LogP contribution in [-0.2, 0) is 14.3 Å². The first-order valence-electron chi connectivity index (χ1n) is 8.30. The quantitative estimate of drug-likeness (QED) is 0.771. The van der Waals surface area contributed by atoms with Crippen molar-refractivity contribution in [1.29, 1.82) is 0 Å². The molecular formula is C17H35NO4. The topological polar surface area (TPSA) is 64.6 Å². The monoisotopic (exact) mass is 317 g/mol. The van der Waals surface area contributed by atoms with E-state index in [1.807, 2.05) is 34.6 Å². The molecule has 1 N–H and O–H groups in total. The molecule has 0 heterocycles. The zero-order valence-electron chi connectivity index (χ0n) is 15.6. The van der Waals surface area contributed by atoms with E-state index in [0.29, 0.717) is 6.42 Å². The van der Waals surface area contributed by atoms with Gasteiger partial charge in [0.2, 0.25) is 0 Å². The molecule has 2 atom stereocenters. The molecule has 2 unspecified atom stereocenters. The Morgan fingerprint density at radius 3 is 2.05 bits per heavy atom. The highest BCUT2D eigenvalue weighted by molar-refractivity contribution is 5.73. The third-order valence-corrected chi connectivity index (χ3v) is 2.69. The zero-order valence-corrected chi connectivity index (χ0v) is 15.6. The second-order valence-electron chi connectivity index (χ2n) is 6.08. The van der Waals surface area contributed by atoms with Crippen LogP contribution in [-0.4, -0.2) is 30.8 Å². The SMILES string of the molecule is CC.CCC.COC(=O)C1CCC(NC(=O)OC(C)(C)C)C1. The molecule has 0 radical (unpaired) electrons. The van der Waals surface area contributed by atoms with Crippen LogP contribution < -0.4 is 5.32 Å². The Bertz CT molecular complexity index is 310. The number of carbonyl (C=O) groups is 2. The first kappa shape index (κ1) is 23.0. The summed E-state index contributed by atoms with van der Waals surface area (Å²) in [4.78, 5) is 22.8. The zero-order chi connectivity index (χ0) is 17.8. The first-order chi connectivity index (χ1) is 10.2. The predicted molar refractivity (Wildman–Crippen MR) is 89.8 cm³/mol. The Morgan fingerprint density at radius 2 is 1.64 bits per heavy atom. The average Bonchev–Trinajstić information content (AvgIpc) is 2.87. The van der Waals surface area contributed by atoms with E-state index in [-0.39, 0.29) is 17.9 Å². The Hall–Kier alpha value is -1.26. The third-order valence-electron chi connectivity index (χ3n) is 2.69. The Labute approximate surface area is 136 Å². The molecule has 0 bridgehead atoms. The molecule has 5 heteroatoms. The summed E-state index contributed by atoms with van der Waals surface area (Å²) in [5.74, 6) is -0.293. The number of methoxy groups -OCH3 is 1. The molecule has 1 saturated carbocycles. The van der Waals surface area contributed by atoms with Gasteiger partial charge in [0.15, 0.2) is 0 Å². The minimum Gasteiger partial charge on any atom is -0.469 e. The number of hydrogen-bond donors (Lipinski definition) is 1. The lowest BCUT2D eigenvalue weighted by atomic mass is 10.1. The number of hydrogen-bond acceptors (Lipinski definition) is 4. The summed E-state index contributed by atoms with van der Waals surface area (Å²) in [5.41, 5.74) is -0.496. The highest BCUT2D eigenvalue weighted by atomic mass is 16.6. The van der Waals surface area contributed by atoms with E-state index in [4.69, 9.17) is 4.74 Å². The molecule has 0 aromatic carbocycles. The molecule has 1 fully saturated rings. The van der Waals surface area contributed by atoms with Gasteiger partial charge in [-0.3, -0.25) is 4.79 Å². The summed E-state index contributed by atoms with van der Waals surface area (Å²) in [5, 5.41) is 2.78. The second-order valence-corrected chi connectivity index (χ2v) is 6.08. The summed E-state index contributed by atoms with van der Waals surface area (Å²) in [7, 11) is 1.39. The van der Waals surface area contributed by atoms with E-state index < -0.39 is 11.7 Å². The fourth-order valence-electron chi connectivity index (χ4n) is 1.97. The Morgan fingerprint density at radius 1 is 1.14 bits per heavy atom. The van der Waals surface area contributed by atoms with Crippen LogP contribution in [0.15, 0.2) is 0 Å².